The molecule has 1 aromatic carbocycles. The van der Waals surface area contributed by atoms with E-state index in [0.29, 0.717) is 0 Å². The first-order valence-corrected chi connectivity index (χ1v) is 2.28. The molecule has 0 spiro atoms. The van der Waals surface area contributed by atoms with Crippen LogP contribution in [0.4, 0.5) is 0 Å². The van der Waals surface area contributed by atoms with Gasteiger partial charge in [-0.15, -0.1) is 5.34 Å². The van der Waals surface area contributed by atoms with Crippen LogP contribution in [-0.2, 0) is 32.7 Å². The molecule has 3 nitrogen and oxygen atoms in total. The average Bonchev–Trinajstić information content (AvgIpc) is 1.93. The third-order valence-electron chi connectivity index (χ3n) is 0.607. The second kappa shape index (κ2) is 11.5. The van der Waals surface area contributed by atoms with Gasteiger partial charge in [-0.05, 0) is 0 Å². The minimum atomic E-state index is 0. The second-order valence-corrected chi connectivity index (χ2v) is 1.15. The number of nitrogens with zero attached hydrogens (tertiary/aromatic N) is 1. The van der Waals surface area contributed by atoms with Crippen LogP contribution in [0.25, 0.3) is 0 Å². The molecule has 0 bridgehead atoms. The van der Waals surface area contributed by atoms with Gasteiger partial charge in [0.05, 0.1) is 0 Å². The topological polar surface area (TPSA) is 52.5 Å². The van der Waals surface area contributed by atoms with Crippen LogP contribution in [0.15, 0.2) is 35.7 Å². The van der Waals surface area contributed by atoms with E-state index in [1.165, 1.54) is 0 Å². The number of rotatable bonds is 0. The molecule has 0 aliphatic heterocycles. The van der Waals surface area contributed by atoms with Crippen LogP contribution in [0.1, 0.15) is 0 Å². The summed E-state index contributed by atoms with van der Waals surface area (Å²) in [5.41, 5.74) is 0. The van der Waals surface area contributed by atoms with Crippen molar-refractivity contribution in [2.45, 2.75) is 0 Å². The molecule has 51 valence electrons. The van der Waals surface area contributed by atoms with Gasteiger partial charge in [0, 0.05) is 32.7 Å². The van der Waals surface area contributed by atoms with E-state index < -0.39 is 0 Å². The molecule has 10 heavy (non-hydrogen) atoms. The summed E-state index contributed by atoms with van der Waals surface area (Å²) in [5.74, 6) is 0. The second-order valence-electron chi connectivity index (χ2n) is 1.15. The molecule has 4 heteroatoms. The fraction of sp³-hybridized carbons (Fsp3) is 0. The third-order valence-corrected chi connectivity index (χ3v) is 0.607. The maximum atomic E-state index is 8.00. The molecule has 0 atom stereocenters. The Balaban J connectivity index is 0. The van der Waals surface area contributed by atoms with Gasteiger partial charge in [0.2, 0.25) is 0 Å². The first-order valence-electron chi connectivity index (χ1n) is 2.28. The zero-order valence-corrected chi connectivity index (χ0v) is 8.07. The van der Waals surface area contributed by atoms with Gasteiger partial charge in [-0.2, -0.15) is 36.4 Å². The quantitative estimate of drug-likeness (QED) is 0.373. The maximum absolute atomic E-state index is 8.00. The van der Waals surface area contributed by atoms with E-state index in [-0.39, 0.29) is 32.7 Å². The number of hydrogen-bond acceptors (Lipinski definition) is 3. The van der Waals surface area contributed by atoms with Crippen molar-refractivity contribution in [3.8, 4) is 0 Å². The van der Waals surface area contributed by atoms with Gasteiger partial charge in [-0.25, -0.2) is 0 Å². The molecule has 0 aliphatic rings. The third kappa shape index (κ3) is 10.7. The monoisotopic (exact) mass is 212 g/mol. The average molecular weight is 212 g/mol. The Labute approximate surface area is 84.3 Å². The van der Waals surface area contributed by atoms with Crippen molar-refractivity contribution in [1.82, 2.24) is 0 Å². The van der Waals surface area contributed by atoms with E-state index in [4.69, 9.17) is 10.1 Å². The molecule has 0 unspecified atom stereocenters. The molecule has 1 radical (unpaired) electrons. The van der Waals surface area contributed by atoms with Crippen LogP contribution in [0.2, 0.25) is 0 Å². The normalized spacial score (nSPS) is 6.00. The van der Waals surface area contributed by atoms with Gasteiger partial charge in [-0.3, -0.25) is 0 Å². The Morgan fingerprint density at radius 2 is 1.60 bits per heavy atom. The van der Waals surface area contributed by atoms with Crippen LogP contribution in [0.3, 0.4) is 0 Å². The summed E-state index contributed by atoms with van der Waals surface area (Å²) in [6.45, 7) is 0. The fourth-order valence-corrected chi connectivity index (χ4v) is 0.342. The van der Waals surface area contributed by atoms with Crippen LogP contribution in [0.5, 0.6) is 0 Å². The summed E-state index contributed by atoms with van der Waals surface area (Å²) in [6, 6.07) is 12.5. The Kier molecular flexibility index (Phi) is 14.3. The SMILES string of the molecule is O=N[O-].[Y].[c-]1ccccc1. The molecule has 0 fully saturated rings. The van der Waals surface area contributed by atoms with E-state index in [2.05, 4.69) is 6.07 Å². The maximum Gasteiger partial charge on any atom is 0 e. The Bertz CT molecular complexity index is 119. The molecule has 0 saturated carbocycles. The van der Waals surface area contributed by atoms with E-state index in [1.807, 2.05) is 30.3 Å². The predicted molar refractivity (Wildman–Crippen MR) is 34.4 cm³/mol. The first-order chi connectivity index (χ1) is 4.41. The summed E-state index contributed by atoms with van der Waals surface area (Å²) in [4.78, 5) is 8.00. The Hall–Kier alpha value is -0.276. The van der Waals surface area contributed by atoms with Crippen LogP contribution >= 0.6 is 0 Å². The molecule has 0 aliphatic carbocycles. The van der Waals surface area contributed by atoms with Crippen LogP contribution in [-0.4, -0.2) is 0 Å². The molecular formula is C6H5NO2Y-2. The van der Waals surface area contributed by atoms with E-state index >= 15 is 0 Å². The van der Waals surface area contributed by atoms with E-state index in [9.17, 15) is 0 Å². The molecule has 0 heterocycles. The van der Waals surface area contributed by atoms with Gasteiger partial charge in [0.25, 0.3) is 0 Å². The summed E-state index contributed by atoms with van der Waals surface area (Å²) < 4.78 is 0. The molecule has 1 rings (SSSR count). The Morgan fingerprint density at radius 1 is 1.20 bits per heavy atom. The number of benzene rings is 1. The number of hydrogen-bond donors (Lipinski definition) is 0. The van der Waals surface area contributed by atoms with Gasteiger partial charge in [0.15, 0.2) is 0 Å². The molecule has 0 N–H and O–H groups in total. The van der Waals surface area contributed by atoms with Crippen LogP contribution in [0, 0.1) is 16.2 Å². The molecule has 0 aromatic heterocycles. The van der Waals surface area contributed by atoms with Gasteiger partial charge >= 0.3 is 0 Å². The van der Waals surface area contributed by atoms with Crippen molar-refractivity contribution in [2.75, 3.05) is 0 Å². The zero-order valence-electron chi connectivity index (χ0n) is 5.23. The summed E-state index contributed by atoms with van der Waals surface area (Å²) in [5, 5.41) is 9.00. The zero-order chi connectivity index (χ0) is 6.95. The van der Waals surface area contributed by atoms with E-state index in [1.54, 1.807) is 0 Å². The largest absolute Gasteiger partial charge is 0.444 e. The van der Waals surface area contributed by atoms with Crippen molar-refractivity contribution in [2.24, 2.45) is 5.34 Å². The standard InChI is InChI=1S/C6H5.HNO2.Y/c1-2-4-6-5-3-1;2-1-3;/h1-5H;(H,2,3);/q-1;;/p-1. The summed E-state index contributed by atoms with van der Waals surface area (Å²) in [7, 11) is 0. The van der Waals surface area contributed by atoms with Crippen molar-refractivity contribution < 1.29 is 32.7 Å². The van der Waals surface area contributed by atoms with Gasteiger partial charge in [-0.1, -0.05) is 0 Å². The fourth-order valence-electron chi connectivity index (χ4n) is 0.342. The minimum Gasteiger partial charge on any atom is -0.444 e. The van der Waals surface area contributed by atoms with Crippen molar-refractivity contribution in [1.29, 1.82) is 0 Å². The van der Waals surface area contributed by atoms with E-state index in [0.717, 1.165) is 5.34 Å². The van der Waals surface area contributed by atoms with Crippen LogP contribution < -0.4 is 0 Å². The van der Waals surface area contributed by atoms with Gasteiger partial charge < -0.3 is 10.1 Å². The van der Waals surface area contributed by atoms with Crippen molar-refractivity contribution in [3.63, 3.8) is 0 Å². The van der Waals surface area contributed by atoms with Crippen molar-refractivity contribution >= 4 is 0 Å². The predicted octanol–water partition coefficient (Wildman–Crippen LogP) is 1.73. The van der Waals surface area contributed by atoms with Gasteiger partial charge in [0.1, 0.15) is 0 Å². The summed E-state index contributed by atoms with van der Waals surface area (Å²) in [6.07, 6.45) is 0. The molecular weight excluding hydrogens is 207 g/mol. The van der Waals surface area contributed by atoms with Crippen molar-refractivity contribution in [3.05, 3.63) is 46.5 Å². The molecule has 0 saturated heterocycles. The minimum absolute atomic E-state index is 0. The molecule has 0 amide bonds. The smallest absolute Gasteiger partial charge is 0 e. The summed E-state index contributed by atoms with van der Waals surface area (Å²) >= 11 is 0. The molecule has 1 aromatic rings. The first kappa shape index (κ1) is 12.4. The Morgan fingerprint density at radius 3 is 1.70 bits per heavy atom.